The number of hydrogen-bond donors (Lipinski definition) is 0. The molecule has 8 heteroatoms. The molecule has 3 aromatic rings. The van der Waals surface area contributed by atoms with E-state index >= 15 is 0 Å². The van der Waals surface area contributed by atoms with Crippen LogP contribution in [0.3, 0.4) is 0 Å². The average Bonchev–Trinajstić information content (AvgIpc) is 3.31. The first kappa shape index (κ1) is 20.1. The maximum atomic E-state index is 12.6. The Hall–Kier alpha value is -3.68. The zero-order valence-corrected chi connectivity index (χ0v) is 16.5. The molecule has 1 heterocycles. The van der Waals surface area contributed by atoms with Crippen LogP contribution in [0.4, 0.5) is 0 Å². The third-order valence-corrected chi connectivity index (χ3v) is 4.71. The maximum absolute atomic E-state index is 12.6. The second-order valence-electron chi connectivity index (χ2n) is 6.43. The van der Waals surface area contributed by atoms with Crippen LogP contribution in [0.5, 0.6) is 11.5 Å². The number of hydrogen-bond acceptors (Lipinski definition) is 6. The molecule has 0 saturated heterocycles. The number of amides is 1. The van der Waals surface area contributed by atoms with E-state index in [9.17, 15) is 9.59 Å². The van der Waals surface area contributed by atoms with E-state index in [0.29, 0.717) is 17.1 Å². The van der Waals surface area contributed by atoms with E-state index in [0.717, 1.165) is 17.5 Å². The van der Waals surface area contributed by atoms with E-state index < -0.39 is 0 Å². The summed E-state index contributed by atoms with van der Waals surface area (Å²) in [7, 11) is 3.21. The summed E-state index contributed by atoms with van der Waals surface area (Å²) in [5.74, 6) is 0.630. The number of rotatable bonds is 8. The highest BCUT2D eigenvalue weighted by Gasteiger charge is 2.19. The number of carbonyl (C=O) groups is 2. The Labute approximate surface area is 168 Å². The molecule has 0 saturated carbocycles. The summed E-state index contributed by atoms with van der Waals surface area (Å²) < 4.78 is 12.5. The minimum atomic E-state index is -0.181. The van der Waals surface area contributed by atoms with Crippen molar-refractivity contribution in [3.8, 4) is 17.2 Å². The molecule has 0 aliphatic carbocycles. The van der Waals surface area contributed by atoms with Gasteiger partial charge < -0.3 is 14.4 Å². The predicted molar refractivity (Wildman–Crippen MR) is 106 cm³/mol. The average molecular weight is 394 g/mol. The SMILES string of the molecule is COc1cc(C=O)ccc1OCC(=O)N(C)[C@H](C)c1ccc(-n2cncn2)cc1. The molecule has 0 radical (unpaired) electrons. The molecule has 1 aromatic heterocycles. The Morgan fingerprint density at radius 2 is 1.97 bits per heavy atom. The number of methoxy groups -OCH3 is 1. The van der Waals surface area contributed by atoms with Crippen molar-refractivity contribution in [3.63, 3.8) is 0 Å². The highest BCUT2D eigenvalue weighted by molar-refractivity contribution is 5.78. The van der Waals surface area contributed by atoms with Gasteiger partial charge in [-0.05, 0) is 42.8 Å². The number of aldehydes is 1. The minimum Gasteiger partial charge on any atom is -0.493 e. The van der Waals surface area contributed by atoms with E-state index in [2.05, 4.69) is 10.1 Å². The fourth-order valence-electron chi connectivity index (χ4n) is 2.80. The molecule has 150 valence electrons. The van der Waals surface area contributed by atoms with Gasteiger partial charge in [0.2, 0.25) is 0 Å². The van der Waals surface area contributed by atoms with Gasteiger partial charge in [-0.25, -0.2) is 9.67 Å². The summed E-state index contributed by atoms with van der Waals surface area (Å²) in [6.45, 7) is 1.80. The predicted octanol–water partition coefficient (Wildman–Crippen LogP) is 2.69. The summed E-state index contributed by atoms with van der Waals surface area (Å²) in [4.78, 5) is 29.0. The number of likely N-dealkylation sites (N-methyl/N-ethyl adjacent to an activating group) is 1. The van der Waals surface area contributed by atoms with Crippen molar-refractivity contribution in [1.29, 1.82) is 0 Å². The van der Waals surface area contributed by atoms with Crippen LogP contribution in [0.15, 0.2) is 55.1 Å². The van der Waals surface area contributed by atoms with Crippen LogP contribution in [0, 0.1) is 0 Å². The van der Waals surface area contributed by atoms with Gasteiger partial charge in [0, 0.05) is 12.6 Å². The van der Waals surface area contributed by atoms with Crippen LogP contribution >= 0.6 is 0 Å². The molecule has 3 rings (SSSR count). The first-order valence-corrected chi connectivity index (χ1v) is 9.00. The molecule has 0 N–H and O–H groups in total. The van der Waals surface area contributed by atoms with Crippen molar-refractivity contribution >= 4 is 12.2 Å². The van der Waals surface area contributed by atoms with Crippen LogP contribution in [-0.4, -0.2) is 52.6 Å². The highest BCUT2D eigenvalue weighted by Crippen LogP contribution is 2.28. The van der Waals surface area contributed by atoms with E-state index in [1.807, 2.05) is 31.2 Å². The maximum Gasteiger partial charge on any atom is 0.260 e. The molecule has 2 aromatic carbocycles. The van der Waals surface area contributed by atoms with Crippen LogP contribution in [0.1, 0.15) is 28.9 Å². The standard InChI is InChI=1S/C21H22N4O4/c1-15(17-5-7-18(8-6-17)25-14-22-13-23-25)24(2)21(27)12-29-19-9-4-16(11-26)10-20(19)28-3/h4-11,13-15H,12H2,1-3H3/t15-/m1/s1. The molecule has 0 aliphatic heterocycles. The van der Waals surface area contributed by atoms with E-state index in [1.54, 1.807) is 41.2 Å². The van der Waals surface area contributed by atoms with Crippen molar-refractivity contribution in [1.82, 2.24) is 19.7 Å². The first-order chi connectivity index (χ1) is 14.0. The van der Waals surface area contributed by atoms with Crippen LogP contribution in [0.2, 0.25) is 0 Å². The van der Waals surface area contributed by atoms with Crippen LogP contribution < -0.4 is 9.47 Å². The van der Waals surface area contributed by atoms with Gasteiger partial charge in [0.15, 0.2) is 18.1 Å². The summed E-state index contributed by atoms with van der Waals surface area (Å²) in [5, 5.41) is 4.10. The quantitative estimate of drug-likeness (QED) is 0.546. The summed E-state index contributed by atoms with van der Waals surface area (Å²) in [5.41, 5.74) is 2.35. The lowest BCUT2D eigenvalue weighted by Crippen LogP contribution is -2.33. The Bertz CT molecular complexity index is 971. The van der Waals surface area contributed by atoms with Gasteiger partial charge in [-0.3, -0.25) is 9.59 Å². The van der Waals surface area contributed by atoms with Gasteiger partial charge in [-0.15, -0.1) is 0 Å². The summed E-state index contributed by atoms with van der Waals surface area (Å²) >= 11 is 0. The van der Waals surface area contributed by atoms with Crippen molar-refractivity contribution in [2.75, 3.05) is 20.8 Å². The molecule has 29 heavy (non-hydrogen) atoms. The summed E-state index contributed by atoms with van der Waals surface area (Å²) in [6, 6.07) is 12.4. The van der Waals surface area contributed by atoms with Gasteiger partial charge in [-0.2, -0.15) is 5.10 Å². The molecule has 8 nitrogen and oxygen atoms in total. The lowest BCUT2D eigenvalue weighted by molar-refractivity contribution is -0.134. The zero-order valence-electron chi connectivity index (χ0n) is 16.5. The largest absolute Gasteiger partial charge is 0.493 e. The minimum absolute atomic E-state index is 0.143. The van der Waals surface area contributed by atoms with Crippen molar-refractivity contribution in [2.45, 2.75) is 13.0 Å². The normalized spacial score (nSPS) is 11.6. The Balaban J connectivity index is 1.63. The topological polar surface area (TPSA) is 86.5 Å². The molecular formula is C21H22N4O4. The van der Waals surface area contributed by atoms with Crippen molar-refractivity contribution in [2.24, 2.45) is 0 Å². The smallest absolute Gasteiger partial charge is 0.260 e. The van der Waals surface area contributed by atoms with E-state index in [1.165, 1.54) is 13.4 Å². The van der Waals surface area contributed by atoms with Crippen LogP contribution in [-0.2, 0) is 4.79 Å². The number of aromatic nitrogens is 3. The second-order valence-corrected chi connectivity index (χ2v) is 6.43. The van der Waals surface area contributed by atoms with Gasteiger partial charge in [0.25, 0.3) is 5.91 Å². The Kier molecular flexibility index (Phi) is 6.23. The fourth-order valence-corrected chi connectivity index (χ4v) is 2.80. The molecule has 0 aliphatic rings. The van der Waals surface area contributed by atoms with Crippen LogP contribution in [0.25, 0.3) is 5.69 Å². The number of benzene rings is 2. The third kappa shape index (κ3) is 4.60. The fraction of sp³-hybridized carbons (Fsp3) is 0.238. The molecular weight excluding hydrogens is 372 g/mol. The molecule has 1 atom stereocenters. The van der Waals surface area contributed by atoms with Gasteiger partial charge in [0.1, 0.15) is 18.9 Å². The van der Waals surface area contributed by atoms with Gasteiger partial charge in [-0.1, -0.05) is 12.1 Å². The molecule has 1 amide bonds. The van der Waals surface area contributed by atoms with Gasteiger partial charge >= 0.3 is 0 Å². The lowest BCUT2D eigenvalue weighted by atomic mass is 10.1. The highest BCUT2D eigenvalue weighted by atomic mass is 16.5. The van der Waals surface area contributed by atoms with Crippen molar-refractivity contribution < 1.29 is 19.1 Å². The van der Waals surface area contributed by atoms with E-state index in [4.69, 9.17) is 9.47 Å². The first-order valence-electron chi connectivity index (χ1n) is 9.00. The number of nitrogens with zero attached hydrogens (tertiary/aromatic N) is 4. The number of ether oxygens (including phenoxy) is 2. The summed E-state index contributed by atoms with van der Waals surface area (Å²) in [6.07, 6.45) is 3.83. The molecule has 0 fully saturated rings. The van der Waals surface area contributed by atoms with Gasteiger partial charge in [0.05, 0.1) is 18.8 Å². The lowest BCUT2D eigenvalue weighted by Gasteiger charge is -2.25. The van der Waals surface area contributed by atoms with Crippen molar-refractivity contribution in [3.05, 3.63) is 66.2 Å². The molecule has 0 bridgehead atoms. The second kappa shape index (κ2) is 9.01. The third-order valence-electron chi connectivity index (χ3n) is 4.71. The van der Waals surface area contributed by atoms with E-state index in [-0.39, 0.29) is 18.6 Å². The molecule has 0 spiro atoms. The number of carbonyl (C=O) groups excluding carboxylic acids is 2. The Morgan fingerprint density at radius 1 is 1.21 bits per heavy atom. The zero-order chi connectivity index (χ0) is 20.8. The molecule has 0 unspecified atom stereocenters. The Morgan fingerprint density at radius 3 is 2.59 bits per heavy atom. The monoisotopic (exact) mass is 394 g/mol.